The minimum atomic E-state index is -1.71. The van der Waals surface area contributed by atoms with Crippen LogP contribution in [0.15, 0.2) is 58.5 Å². The first-order valence-electron chi connectivity index (χ1n) is 30.7. The highest BCUT2D eigenvalue weighted by atomic mass is 16.4. The molecule has 0 spiro atoms. The highest BCUT2D eigenvalue weighted by Crippen LogP contribution is 2.43. The van der Waals surface area contributed by atoms with Crippen molar-refractivity contribution in [3.8, 4) is 0 Å². The molecule has 89 heavy (non-hydrogen) atoms. The number of carboxylic acid groups (broad SMARTS) is 2. The van der Waals surface area contributed by atoms with E-state index in [2.05, 4.69) is 31.3 Å². The summed E-state index contributed by atoms with van der Waals surface area (Å²) in [5, 5.41) is 51.8. The Balaban J connectivity index is 0.950. The molecule has 4 aliphatic heterocycles. The minimum Gasteiger partial charge on any atom is -0.480 e. The Morgan fingerprint density at radius 1 is 0.528 bits per heavy atom. The second kappa shape index (κ2) is 30.2. The molecular weight excluding hydrogens is 1150 g/mol. The fraction of sp³-hybridized carbons (Fsp3) is 0.600. The first kappa shape index (κ1) is 66.5. The number of nitrogens with one attached hydrogen (secondary N) is 4. The third kappa shape index (κ3) is 15.9. The number of aliphatic carboxylic acids is 2. The van der Waals surface area contributed by atoms with Gasteiger partial charge in [0.15, 0.2) is 11.9 Å². The van der Waals surface area contributed by atoms with Crippen molar-refractivity contribution in [2.24, 2.45) is 50.5 Å². The number of aliphatic hydroxyl groups excluding tert-OH is 2. The Bertz CT molecular complexity index is 3030. The Morgan fingerprint density at radius 2 is 0.921 bits per heavy atom. The molecule has 13 atom stereocenters. The summed E-state index contributed by atoms with van der Waals surface area (Å²) in [5.74, 6) is -9.36. The molecule has 29 heteroatoms. The molecule has 2 aromatic rings. The summed E-state index contributed by atoms with van der Waals surface area (Å²) in [7, 11) is 0. The van der Waals surface area contributed by atoms with E-state index in [0.717, 1.165) is 43.2 Å². The van der Waals surface area contributed by atoms with Crippen molar-refractivity contribution in [1.29, 1.82) is 0 Å². The Hall–Kier alpha value is -8.44. The topological polar surface area (TPSA) is 468 Å². The summed E-state index contributed by atoms with van der Waals surface area (Å²) in [6.07, 6.45) is 5.98. The van der Waals surface area contributed by atoms with Gasteiger partial charge in [-0.15, -0.1) is 0 Å². The molecule has 0 radical (unpaired) electrons. The van der Waals surface area contributed by atoms with Crippen LogP contribution in [0.5, 0.6) is 0 Å². The number of carboxylic acids is 2. The Morgan fingerprint density at radius 3 is 1.31 bits per heavy atom. The van der Waals surface area contributed by atoms with Gasteiger partial charge in [0.2, 0.25) is 47.3 Å². The van der Waals surface area contributed by atoms with Crippen molar-refractivity contribution >= 4 is 71.1 Å². The van der Waals surface area contributed by atoms with E-state index in [1.165, 1.54) is 19.6 Å². The number of nitrogens with zero attached hydrogens (tertiary/aromatic N) is 6. The van der Waals surface area contributed by atoms with Gasteiger partial charge < -0.3 is 90.0 Å². The summed E-state index contributed by atoms with van der Waals surface area (Å²) in [4.78, 5) is 154. The smallest absolute Gasteiger partial charge is 0.326 e. The molecule has 2 saturated heterocycles. The largest absolute Gasteiger partial charge is 0.480 e. The van der Waals surface area contributed by atoms with Crippen LogP contribution in [-0.4, -0.2) is 204 Å². The minimum absolute atomic E-state index is 0.00249. The van der Waals surface area contributed by atoms with Crippen LogP contribution in [0.2, 0.25) is 0 Å². The van der Waals surface area contributed by atoms with Crippen molar-refractivity contribution in [3.63, 3.8) is 0 Å². The molecule has 0 bridgehead atoms. The maximum atomic E-state index is 15.2. The average molecular weight is 1240 g/mol. The number of carbonyl (C=O) groups excluding carboxylic acids is 8. The predicted octanol–water partition coefficient (Wildman–Crippen LogP) is -2.87. The lowest BCUT2D eigenvalue weighted by Gasteiger charge is -2.42. The third-order valence-electron chi connectivity index (χ3n) is 18.4. The van der Waals surface area contributed by atoms with Crippen molar-refractivity contribution in [1.82, 2.24) is 40.9 Å². The van der Waals surface area contributed by atoms with Gasteiger partial charge in [-0.2, -0.15) is 0 Å². The lowest BCUT2D eigenvalue weighted by molar-refractivity contribution is -0.153. The number of hydrogen-bond acceptors (Lipinski definition) is 15. The molecule has 6 aliphatic rings. The third-order valence-corrected chi connectivity index (χ3v) is 18.4. The number of carbonyl (C=O) groups is 10. The summed E-state index contributed by atoms with van der Waals surface area (Å²) in [5.41, 5.74) is 30.9. The van der Waals surface area contributed by atoms with Gasteiger partial charge >= 0.3 is 11.9 Å². The van der Waals surface area contributed by atoms with E-state index < -0.39 is 145 Å². The van der Waals surface area contributed by atoms with Crippen LogP contribution in [0.25, 0.3) is 0 Å². The molecule has 8 rings (SSSR count). The molecule has 18 N–H and O–H groups in total. The quantitative estimate of drug-likeness (QED) is 0.0270. The van der Waals surface area contributed by atoms with Gasteiger partial charge in [-0.05, 0) is 98.3 Å². The second-order valence-electron chi connectivity index (χ2n) is 24.2. The molecule has 484 valence electrons. The highest BCUT2D eigenvalue weighted by molar-refractivity contribution is 5.99. The van der Waals surface area contributed by atoms with Crippen LogP contribution >= 0.6 is 0 Å². The number of amides is 8. The van der Waals surface area contributed by atoms with E-state index in [0.29, 0.717) is 30.4 Å². The van der Waals surface area contributed by atoms with E-state index in [4.69, 9.17) is 28.7 Å². The number of rotatable bonds is 25. The molecule has 4 heterocycles. The van der Waals surface area contributed by atoms with E-state index in [1.54, 1.807) is 36.4 Å². The van der Waals surface area contributed by atoms with Gasteiger partial charge in [0.1, 0.15) is 48.3 Å². The van der Waals surface area contributed by atoms with E-state index in [9.17, 15) is 58.8 Å². The van der Waals surface area contributed by atoms with Crippen LogP contribution in [0.3, 0.4) is 0 Å². The van der Waals surface area contributed by atoms with E-state index in [1.807, 2.05) is 12.1 Å². The summed E-state index contributed by atoms with van der Waals surface area (Å²) in [6.45, 7) is -1.95. The van der Waals surface area contributed by atoms with Crippen molar-refractivity contribution in [3.05, 3.63) is 70.8 Å². The highest BCUT2D eigenvalue weighted by Gasteiger charge is 2.53. The van der Waals surface area contributed by atoms with Crippen LogP contribution in [0.4, 0.5) is 0 Å². The van der Waals surface area contributed by atoms with E-state index in [-0.39, 0.29) is 101 Å². The maximum absolute atomic E-state index is 15.2. The fourth-order valence-electron chi connectivity index (χ4n) is 14.0. The zero-order chi connectivity index (χ0) is 64.2. The molecule has 4 fully saturated rings. The number of likely N-dealkylation sites (tertiary alicyclic amines) is 2. The monoisotopic (exact) mass is 1240 g/mol. The summed E-state index contributed by atoms with van der Waals surface area (Å²) < 4.78 is 0. The number of aliphatic hydroxyl groups is 2. The van der Waals surface area contributed by atoms with Crippen molar-refractivity contribution in [2.45, 2.75) is 189 Å². The van der Waals surface area contributed by atoms with Gasteiger partial charge in [0, 0.05) is 51.1 Å². The molecule has 8 amide bonds. The Kier molecular flexibility index (Phi) is 22.6. The first-order valence-corrected chi connectivity index (χ1v) is 30.7. The van der Waals surface area contributed by atoms with Gasteiger partial charge in [-0.1, -0.05) is 74.2 Å². The van der Waals surface area contributed by atoms with E-state index >= 15 is 9.59 Å². The Labute approximate surface area is 514 Å². The van der Waals surface area contributed by atoms with Crippen molar-refractivity contribution in [2.75, 3.05) is 26.3 Å². The first-order chi connectivity index (χ1) is 42.6. The standard InChI is InChI=1S/C60H85N15O14/c61-38(50(79)71-42(31-77)54(83)73-29-37-16-4-2-12-33(37)24-48(73)56(85)75-44-20-8-6-14-35(44)26-46(75)52(81)70-40(58(88)89)18-10-22-67-60(64)65)27-49(78)68-41(30-76)53(82)72-28-36-15-3-1-11-32(36)23-47(72)55(84)74-43-19-7-5-13-34(43)25-45(74)51(80)69-39(57(86)87)17-9-21-66-59(62)63/h1-4,11-12,15-16,34-35,38-48,76-77H,5-10,13-14,17-31,61H2,(H,68,78)(H,69,80)(H,70,81)(H,71,79)(H,86,87)(H,88,89)(H4,62,63,66)(H4,64,65,67)/t34?,35?,38-,39+,40+,41+,42+,43?,44?,45+,46+,47-,48-/m1/s1. The summed E-state index contributed by atoms with van der Waals surface area (Å²) in [6, 6.07) is 1.03. The molecule has 4 unspecified atom stereocenters. The maximum Gasteiger partial charge on any atom is 0.326 e. The zero-order valence-electron chi connectivity index (χ0n) is 49.8. The number of benzene rings is 2. The molecule has 2 aromatic carbocycles. The predicted molar refractivity (Wildman–Crippen MR) is 321 cm³/mol. The van der Waals surface area contributed by atoms with Gasteiger partial charge in [0.05, 0.1) is 25.7 Å². The van der Waals surface area contributed by atoms with Gasteiger partial charge in [-0.25, -0.2) is 9.59 Å². The molecule has 2 saturated carbocycles. The molecule has 2 aliphatic carbocycles. The van der Waals surface area contributed by atoms with Gasteiger partial charge in [0.25, 0.3) is 0 Å². The van der Waals surface area contributed by atoms with Crippen LogP contribution in [0, 0.1) is 11.8 Å². The number of hydrogen-bond donors (Lipinski definition) is 13. The number of aliphatic imine (C=N–C) groups is 2. The zero-order valence-corrected chi connectivity index (χ0v) is 49.8. The van der Waals surface area contributed by atoms with Crippen LogP contribution < -0.4 is 49.9 Å². The number of guanidine groups is 2. The normalized spacial score (nSPS) is 24.3. The summed E-state index contributed by atoms with van der Waals surface area (Å²) >= 11 is 0. The molecule has 29 nitrogen and oxygen atoms in total. The number of fused-ring (bicyclic) bond motifs is 4. The molecule has 0 aromatic heterocycles. The van der Waals surface area contributed by atoms with Crippen LogP contribution in [0.1, 0.15) is 119 Å². The van der Waals surface area contributed by atoms with Crippen LogP contribution in [-0.2, 0) is 73.9 Å². The van der Waals surface area contributed by atoms with Gasteiger partial charge in [-0.3, -0.25) is 48.3 Å². The van der Waals surface area contributed by atoms with Crippen molar-refractivity contribution < 1.29 is 68.4 Å². The number of nitrogens with two attached hydrogens (primary N) is 5. The fourth-order valence-corrected chi connectivity index (χ4v) is 14.0. The second-order valence-corrected chi connectivity index (χ2v) is 24.2. The SMILES string of the molecule is NC(N)=NCCC[C@H](NC(=O)[C@@H]1CC2CCCCC2N1C(=O)[C@H]1Cc2ccccc2CN1C(=O)[C@H](CO)NC(=O)C[C@@H](N)C(=O)N[C@@H](CO)C(=O)N1Cc2ccccc2C[C@@H]1C(=O)N1C2CCCCC2C[C@H]1C(=O)N[C@@H](CCCN=C(N)N)C(=O)O)C(=O)O. The lowest BCUT2D eigenvalue weighted by atomic mass is 9.84. The molecular formula is C60H85N15O14. The average Bonchev–Trinajstić information content (AvgIpc) is 1.80. The lowest BCUT2D eigenvalue weighted by Crippen LogP contribution is -2.63.